The number of hydrogen-bond donors (Lipinski definition) is 3. The minimum absolute atomic E-state index is 0.00910. The third-order valence-corrected chi connectivity index (χ3v) is 13.7. The van der Waals surface area contributed by atoms with E-state index in [1.54, 1.807) is 41.1 Å². The molecule has 0 aromatic carbocycles. The van der Waals surface area contributed by atoms with Gasteiger partial charge >= 0.3 is 5.97 Å². The Morgan fingerprint density at radius 2 is 1.63 bits per heavy atom. The number of fused-ring (bicyclic) bond motifs is 1. The van der Waals surface area contributed by atoms with Crippen LogP contribution in [-0.2, 0) is 52.4 Å². The van der Waals surface area contributed by atoms with Crippen LogP contribution >= 0.6 is 0 Å². The Morgan fingerprint density at radius 3 is 2.24 bits per heavy atom. The normalized spacial score (nSPS) is 33.6. The number of carbonyl (C=O) groups excluding carboxylic acids is 5. The summed E-state index contributed by atoms with van der Waals surface area (Å²) >= 11 is 0. The van der Waals surface area contributed by atoms with Crippen molar-refractivity contribution in [1.29, 1.82) is 0 Å². The van der Waals surface area contributed by atoms with Crippen molar-refractivity contribution in [2.45, 2.75) is 181 Å². The molecule has 1 saturated heterocycles. The quantitative estimate of drug-likeness (QED) is 0.0666. The molecular weight excluding hydrogens is 875 g/mol. The van der Waals surface area contributed by atoms with Crippen molar-refractivity contribution < 1.29 is 67.7 Å². The number of hydrogen-bond acceptors (Lipinski definition) is 14. The molecule has 15 heteroatoms. The molecule has 2 aliphatic rings. The molecule has 5 unspecified atom stereocenters. The molecule has 1 fully saturated rings. The monoisotopic (exact) mass is 962 g/mol. The third-order valence-electron chi connectivity index (χ3n) is 13.7. The standard InChI is InChI=1S/C53H87NO14/c1-13-40(30-42(63-10)33-66-26-25-55)29-37(7)46-32-44(56)36(6)28-39(9)48(58)49(65-12)47(57)38(8)27-34(4)21-17-16-18-22-35(5)45(64-11)31-41(14-2)68-53(62,15-3)50(59)51(60)54-24-20-19-23-43(54)52(61)67-46/h16-18,21-22,28,34,36-38,40-43,45-46,48-49,55,58,62H,13-15,19-20,23-27,29-33H2,1-12H3/b18-16+,21-17+,35-22+,39-28+/t34-,36-,37+,38-,40+,41?,42+,43+,45?,46?,48-,49?,53?/m1/s1. The Kier molecular flexibility index (Phi) is 27.7. The van der Waals surface area contributed by atoms with E-state index >= 15 is 0 Å². The fraction of sp³-hybridized carbons (Fsp3) is 0.755. The van der Waals surface area contributed by atoms with Crippen LogP contribution in [-0.4, -0.2) is 146 Å². The molecule has 3 N–H and O–H groups in total. The van der Waals surface area contributed by atoms with Crippen molar-refractivity contribution in [3.05, 3.63) is 47.6 Å². The van der Waals surface area contributed by atoms with E-state index in [4.69, 9.17) is 28.4 Å². The lowest BCUT2D eigenvalue weighted by atomic mass is 9.84. The molecule has 15 nitrogen and oxygen atoms in total. The fourth-order valence-electron chi connectivity index (χ4n) is 9.15. The first-order valence-corrected chi connectivity index (χ1v) is 24.9. The predicted molar refractivity (Wildman–Crippen MR) is 260 cm³/mol. The van der Waals surface area contributed by atoms with Crippen molar-refractivity contribution in [2.75, 3.05) is 47.7 Å². The van der Waals surface area contributed by atoms with E-state index < -0.39 is 71.8 Å². The maximum atomic E-state index is 14.4. The number of Topliss-reactive ketones (excluding diaryl/α,β-unsaturated/α-hetero) is 3. The zero-order valence-corrected chi connectivity index (χ0v) is 43.3. The highest BCUT2D eigenvalue weighted by Crippen LogP contribution is 2.31. The second-order valence-corrected chi connectivity index (χ2v) is 19.1. The molecular formula is C53H87NO14. The summed E-state index contributed by atoms with van der Waals surface area (Å²) in [7, 11) is 4.53. The van der Waals surface area contributed by atoms with Gasteiger partial charge in [-0.25, -0.2) is 4.79 Å². The highest BCUT2D eigenvalue weighted by atomic mass is 16.6. The van der Waals surface area contributed by atoms with Crippen molar-refractivity contribution in [3.63, 3.8) is 0 Å². The van der Waals surface area contributed by atoms with E-state index in [0.29, 0.717) is 44.1 Å². The van der Waals surface area contributed by atoms with Crippen LogP contribution in [0.3, 0.4) is 0 Å². The summed E-state index contributed by atoms with van der Waals surface area (Å²) in [5.74, 6) is -7.53. The Bertz CT molecular complexity index is 1710. The summed E-state index contributed by atoms with van der Waals surface area (Å²) in [6.07, 6.45) is 10.2. The largest absolute Gasteiger partial charge is 0.460 e. The maximum Gasteiger partial charge on any atom is 0.329 e. The third kappa shape index (κ3) is 18.7. The first-order valence-electron chi connectivity index (χ1n) is 24.9. The van der Waals surface area contributed by atoms with E-state index in [2.05, 4.69) is 0 Å². The van der Waals surface area contributed by atoms with Crippen LogP contribution in [0, 0.1) is 29.6 Å². The number of methoxy groups -OCH3 is 3. The van der Waals surface area contributed by atoms with Crippen LogP contribution < -0.4 is 0 Å². The van der Waals surface area contributed by atoms with E-state index in [-0.39, 0.29) is 87.5 Å². The van der Waals surface area contributed by atoms with Gasteiger partial charge in [0.15, 0.2) is 5.78 Å². The summed E-state index contributed by atoms with van der Waals surface area (Å²) in [6, 6.07) is -1.16. The number of aliphatic hydroxyl groups excluding tert-OH is 2. The number of nitrogens with zero attached hydrogens (tertiary/aromatic N) is 1. The van der Waals surface area contributed by atoms with Crippen molar-refractivity contribution in [3.8, 4) is 0 Å². The number of allylic oxidation sites excluding steroid dienone is 6. The molecule has 0 aliphatic carbocycles. The van der Waals surface area contributed by atoms with Crippen LogP contribution in [0.15, 0.2) is 47.6 Å². The van der Waals surface area contributed by atoms with E-state index in [9.17, 15) is 39.3 Å². The minimum Gasteiger partial charge on any atom is -0.460 e. The molecule has 0 aromatic heterocycles. The smallest absolute Gasteiger partial charge is 0.329 e. The van der Waals surface area contributed by atoms with Crippen LogP contribution in [0.25, 0.3) is 0 Å². The summed E-state index contributed by atoms with van der Waals surface area (Å²) in [5, 5.41) is 32.5. The molecule has 2 rings (SSSR count). The SMILES string of the molecule is CCC1CC(OC)/C(C)=C/C=C/C=C/[C@@H](C)C[C@@H](C)C(=O)C(OC)[C@H](O)/C(C)=C/[C@@H](C)C(=O)CC([C@@H](C)C[C@H](CC)C[C@@H](COCCO)OC)OC(=O)[C@@H]2CCCCN2C(=O)C(=O)C(O)(CC)O1. The summed E-state index contributed by atoms with van der Waals surface area (Å²) in [5.41, 5.74) is 1.24. The number of esters is 1. The first-order chi connectivity index (χ1) is 32.2. The Balaban J connectivity index is 2.67. The average Bonchev–Trinajstić information content (AvgIpc) is 3.33. The van der Waals surface area contributed by atoms with Gasteiger partial charge in [0.05, 0.1) is 38.1 Å². The lowest BCUT2D eigenvalue weighted by Gasteiger charge is -2.38. The van der Waals surface area contributed by atoms with Gasteiger partial charge < -0.3 is 48.6 Å². The molecule has 0 saturated carbocycles. The molecule has 0 radical (unpaired) electrons. The second-order valence-electron chi connectivity index (χ2n) is 19.1. The lowest BCUT2D eigenvalue weighted by molar-refractivity contribution is -0.229. The van der Waals surface area contributed by atoms with E-state index in [1.165, 1.54) is 12.0 Å². The summed E-state index contributed by atoms with van der Waals surface area (Å²) in [6.45, 7) is 16.8. The van der Waals surface area contributed by atoms with Gasteiger partial charge in [0.25, 0.3) is 11.7 Å². The number of ether oxygens (including phenoxy) is 6. The highest BCUT2D eigenvalue weighted by Gasteiger charge is 2.47. The van der Waals surface area contributed by atoms with Gasteiger partial charge in [0.2, 0.25) is 5.79 Å². The molecule has 13 atom stereocenters. The number of cyclic esters (lactones) is 1. The molecule has 2 heterocycles. The van der Waals surface area contributed by atoms with Gasteiger partial charge in [-0.3, -0.25) is 19.2 Å². The number of carbonyl (C=O) groups is 5. The first kappa shape index (κ1) is 60.7. The number of piperidine rings is 1. The predicted octanol–water partition coefficient (Wildman–Crippen LogP) is 6.83. The fourth-order valence-corrected chi connectivity index (χ4v) is 9.15. The van der Waals surface area contributed by atoms with Crippen molar-refractivity contribution >= 4 is 29.2 Å². The zero-order valence-electron chi connectivity index (χ0n) is 43.3. The van der Waals surface area contributed by atoms with Gasteiger partial charge in [0, 0.05) is 59.0 Å². The van der Waals surface area contributed by atoms with Crippen molar-refractivity contribution in [1.82, 2.24) is 4.90 Å². The molecule has 2 aliphatic heterocycles. The Hall–Kier alpha value is -3.41. The number of amides is 1. The van der Waals surface area contributed by atoms with Crippen LogP contribution in [0.5, 0.6) is 0 Å². The van der Waals surface area contributed by atoms with E-state index in [0.717, 1.165) is 12.0 Å². The van der Waals surface area contributed by atoms with E-state index in [1.807, 2.05) is 71.9 Å². The second kappa shape index (κ2) is 31.0. The summed E-state index contributed by atoms with van der Waals surface area (Å²) < 4.78 is 35.0. The van der Waals surface area contributed by atoms with Gasteiger partial charge in [-0.1, -0.05) is 91.3 Å². The van der Waals surface area contributed by atoms with Gasteiger partial charge in [-0.2, -0.15) is 0 Å². The maximum absolute atomic E-state index is 14.4. The molecule has 0 bridgehead atoms. The Labute approximate surface area is 407 Å². The van der Waals surface area contributed by atoms with Crippen LogP contribution in [0.2, 0.25) is 0 Å². The molecule has 1 amide bonds. The molecule has 388 valence electrons. The number of rotatable bonds is 15. The van der Waals surface area contributed by atoms with Gasteiger partial charge in [-0.05, 0) is 87.7 Å². The van der Waals surface area contributed by atoms with Gasteiger partial charge in [0.1, 0.15) is 30.1 Å². The lowest BCUT2D eigenvalue weighted by Crippen LogP contribution is -2.57. The van der Waals surface area contributed by atoms with Crippen LogP contribution in [0.4, 0.5) is 0 Å². The minimum atomic E-state index is -2.48. The topological polar surface area (TPSA) is 205 Å². The van der Waals surface area contributed by atoms with Crippen LogP contribution in [0.1, 0.15) is 133 Å². The number of ketones is 3. The van der Waals surface area contributed by atoms with Crippen molar-refractivity contribution in [2.24, 2.45) is 29.6 Å². The number of aliphatic hydroxyl groups is 3. The Morgan fingerprint density at radius 1 is 0.926 bits per heavy atom. The average molecular weight is 962 g/mol. The molecule has 68 heavy (non-hydrogen) atoms. The molecule has 0 aromatic rings. The highest BCUT2D eigenvalue weighted by molar-refractivity contribution is 6.39. The zero-order chi connectivity index (χ0) is 51.1. The molecule has 0 spiro atoms. The summed E-state index contributed by atoms with van der Waals surface area (Å²) in [4.78, 5) is 71.8. The van der Waals surface area contributed by atoms with Gasteiger partial charge in [-0.15, -0.1) is 0 Å².